The summed E-state index contributed by atoms with van der Waals surface area (Å²) in [4.78, 5) is 21.2. The maximum Gasteiger partial charge on any atom is 0.263 e. The largest absolute Gasteiger partial charge is 0.361 e. The second-order valence-electron chi connectivity index (χ2n) is 5.25. The van der Waals surface area contributed by atoms with Gasteiger partial charge in [0, 0.05) is 25.5 Å². The molecule has 0 unspecified atom stereocenters. The van der Waals surface area contributed by atoms with Crippen molar-refractivity contribution in [2.75, 3.05) is 11.9 Å². The molecule has 0 radical (unpaired) electrons. The molecular weight excluding hydrogens is 284 g/mol. The molecule has 0 spiro atoms. The number of rotatable bonds is 6. The molecule has 2 N–H and O–H groups in total. The van der Waals surface area contributed by atoms with E-state index in [1.54, 1.807) is 12.4 Å². The number of hydrogen-bond donors (Lipinski definition) is 2. The van der Waals surface area contributed by atoms with Gasteiger partial charge in [-0.3, -0.25) is 9.78 Å². The van der Waals surface area contributed by atoms with Gasteiger partial charge in [-0.05, 0) is 30.5 Å². The number of hydrogen-bond acceptors (Lipinski definition) is 5. The van der Waals surface area contributed by atoms with Crippen LogP contribution in [0.25, 0.3) is 0 Å². The quantitative estimate of drug-likeness (QED) is 0.861. The lowest BCUT2D eigenvalue weighted by Crippen LogP contribution is -2.22. The summed E-state index contributed by atoms with van der Waals surface area (Å²) in [7, 11) is 0. The molecule has 0 aliphatic carbocycles. The lowest BCUT2D eigenvalue weighted by Gasteiger charge is -2.04. The zero-order valence-corrected chi connectivity index (χ0v) is 13.3. The van der Waals surface area contributed by atoms with E-state index in [9.17, 15) is 4.79 Å². The number of carbonyl (C=O) groups excluding carboxylic acids is 1. The van der Waals surface area contributed by atoms with E-state index in [1.807, 2.05) is 19.1 Å². The van der Waals surface area contributed by atoms with Crippen LogP contribution in [0.4, 0.5) is 5.13 Å². The number of thiazole rings is 1. The minimum Gasteiger partial charge on any atom is -0.361 e. The summed E-state index contributed by atoms with van der Waals surface area (Å²) >= 11 is 1.40. The van der Waals surface area contributed by atoms with Gasteiger partial charge in [0.25, 0.3) is 5.91 Å². The summed E-state index contributed by atoms with van der Waals surface area (Å²) in [6.07, 6.45) is 3.43. The van der Waals surface area contributed by atoms with E-state index in [4.69, 9.17) is 0 Å². The molecule has 6 heteroatoms. The third kappa shape index (κ3) is 4.53. The fourth-order valence-electron chi connectivity index (χ4n) is 1.74. The van der Waals surface area contributed by atoms with Crippen molar-refractivity contribution in [1.29, 1.82) is 0 Å². The van der Waals surface area contributed by atoms with Crippen molar-refractivity contribution in [1.82, 2.24) is 15.3 Å². The third-order valence-electron chi connectivity index (χ3n) is 2.87. The van der Waals surface area contributed by atoms with Crippen LogP contribution in [0.15, 0.2) is 24.5 Å². The molecule has 21 heavy (non-hydrogen) atoms. The predicted molar refractivity (Wildman–Crippen MR) is 85.6 cm³/mol. The van der Waals surface area contributed by atoms with E-state index in [-0.39, 0.29) is 5.91 Å². The van der Waals surface area contributed by atoms with Gasteiger partial charge >= 0.3 is 0 Å². The molecule has 2 aromatic rings. The van der Waals surface area contributed by atoms with Crippen LogP contribution in [0, 0.1) is 12.8 Å². The van der Waals surface area contributed by atoms with Crippen LogP contribution in [0.3, 0.4) is 0 Å². The number of nitrogens with zero attached hydrogens (tertiary/aromatic N) is 2. The highest BCUT2D eigenvalue weighted by Crippen LogP contribution is 2.22. The first kappa shape index (κ1) is 15.4. The molecular formula is C15H20N4OS. The number of nitrogens with one attached hydrogen (secondary N) is 2. The monoisotopic (exact) mass is 304 g/mol. The Kier molecular flexibility index (Phi) is 5.27. The van der Waals surface area contributed by atoms with Gasteiger partial charge in [-0.15, -0.1) is 0 Å². The molecule has 0 fully saturated rings. The standard InChI is InChI=1S/C15H20N4OS/c1-10(2)8-18-15-19-11(3)13(21-15)14(20)17-9-12-4-6-16-7-5-12/h4-7,10H,8-9H2,1-3H3,(H,17,20)(H,18,19). The van der Waals surface area contributed by atoms with Crippen molar-refractivity contribution >= 4 is 22.4 Å². The minimum absolute atomic E-state index is 0.0839. The number of carbonyl (C=O) groups is 1. The van der Waals surface area contributed by atoms with Crippen LogP contribution in [0.2, 0.25) is 0 Å². The molecule has 5 nitrogen and oxygen atoms in total. The van der Waals surface area contributed by atoms with Crippen LogP contribution in [-0.2, 0) is 6.54 Å². The minimum atomic E-state index is -0.0839. The summed E-state index contributed by atoms with van der Waals surface area (Å²) in [5.74, 6) is 0.456. The highest BCUT2D eigenvalue weighted by molar-refractivity contribution is 7.17. The van der Waals surface area contributed by atoms with Crippen LogP contribution in [-0.4, -0.2) is 22.4 Å². The fourth-order valence-corrected chi connectivity index (χ4v) is 2.63. The zero-order valence-electron chi connectivity index (χ0n) is 12.5. The van der Waals surface area contributed by atoms with Gasteiger partial charge in [0.05, 0.1) is 5.69 Å². The Hall–Kier alpha value is -1.95. The molecule has 2 rings (SSSR count). The van der Waals surface area contributed by atoms with Gasteiger partial charge in [0.1, 0.15) is 4.88 Å². The molecule has 1 amide bonds. The van der Waals surface area contributed by atoms with E-state index < -0.39 is 0 Å². The smallest absolute Gasteiger partial charge is 0.263 e. The van der Waals surface area contributed by atoms with Crippen molar-refractivity contribution in [3.05, 3.63) is 40.7 Å². The molecule has 0 aromatic carbocycles. The number of pyridine rings is 1. The van der Waals surface area contributed by atoms with Crippen molar-refractivity contribution < 1.29 is 4.79 Å². The van der Waals surface area contributed by atoms with Crippen molar-refractivity contribution in [3.8, 4) is 0 Å². The highest BCUT2D eigenvalue weighted by atomic mass is 32.1. The Labute approximate surface area is 128 Å². The van der Waals surface area contributed by atoms with E-state index in [2.05, 4.69) is 34.4 Å². The molecule has 0 aliphatic heterocycles. The Morgan fingerprint density at radius 3 is 2.71 bits per heavy atom. The lowest BCUT2D eigenvalue weighted by molar-refractivity contribution is 0.0954. The average molecular weight is 304 g/mol. The Morgan fingerprint density at radius 1 is 1.33 bits per heavy atom. The predicted octanol–water partition coefficient (Wildman–Crippen LogP) is 2.84. The van der Waals surface area contributed by atoms with Crippen LogP contribution < -0.4 is 10.6 Å². The number of aromatic nitrogens is 2. The topological polar surface area (TPSA) is 66.9 Å². The van der Waals surface area contributed by atoms with Gasteiger partial charge in [0.2, 0.25) is 0 Å². The Morgan fingerprint density at radius 2 is 2.05 bits per heavy atom. The summed E-state index contributed by atoms with van der Waals surface area (Å²) in [6, 6.07) is 3.77. The van der Waals surface area contributed by atoms with Crippen LogP contribution in [0.5, 0.6) is 0 Å². The molecule has 0 aliphatic rings. The zero-order chi connectivity index (χ0) is 15.2. The lowest BCUT2D eigenvalue weighted by atomic mass is 10.2. The molecule has 0 saturated heterocycles. The Bertz CT molecular complexity index is 595. The second kappa shape index (κ2) is 7.17. The molecule has 0 atom stereocenters. The third-order valence-corrected chi connectivity index (χ3v) is 3.98. The number of amides is 1. The Balaban J connectivity index is 1.96. The maximum atomic E-state index is 12.2. The fraction of sp³-hybridized carbons (Fsp3) is 0.400. The summed E-state index contributed by atoms with van der Waals surface area (Å²) < 4.78 is 0. The van der Waals surface area contributed by atoms with Gasteiger partial charge in [-0.1, -0.05) is 25.2 Å². The van der Waals surface area contributed by atoms with Crippen molar-refractivity contribution in [2.45, 2.75) is 27.3 Å². The molecule has 2 aromatic heterocycles. The van der Waals surface area contributed by atoms with Crippen LogP contribution in [0.1, 0.15) is 34.8 Å². The van der Waals surface area contributed by atoms with Crippen molar-refractivity contribution in [3.63, 3.8) is 0 Å². The van der Waals surface area contributed by atoms with Gasteiger partial charge < -0.3 is 10.6 Å². The molecule has 0 bridgehead atoms. The summed E-state index contributed by atoms with van der Waals surface area (Å²) in [5, 5.41) is 6.96. The first-order valence-electron chi connectivity index (χ1n) is 6.94. The molecule has 112 valence electrons. The first-order valence-corrected chi connectivity index (χ1v) is 7.76. The van der Waals surface area contributed by atoms with Gasteiger partial charge in [-0.25, -0.2) is 4.98 Å². The summed E-state index contributed by atoms with van der Waals surface area (Å²) in [6.45, 7) is 7.47. The van der Waals surface area contributed by atoms with E-state index in [1.165, 1.54) is 11.3 Å². The molecule has 0 saturated carbocycles. The van der Waals surface area contributed by atoms with Gasteiger partial charge in [-0.2, -0.15) is 0 Å². The SMILES string of the molecule is Cc1nc(NCC(C)C)sc1C(=O)NCc1ccncc1. The maximum absolute atomic E-state index is 12.2. The number of aryl methyl sites for hydroxylation is 1. The van der Waals surface area contributed by atoms with E-state index in [0.29, 0.717) is 17.3 Å². The normalized spacial score (nSPS) is 10.7. The van der Waals surface area contributed by atoms with Crippen LogP contribution >= 0.6 is 11.3 Å². The summed E-state index contributed by atoms with van der Waals surface area (Å²) in [5.41, 5.74) is 1.79. The molecule has 2 heterocycles. The second-order valence-corrected chi connectivity index (χ2v) is 6.25. The number of anilines is 1. The average Bonchev–Trinajstić information content (AvgIpc) is 2.85. The highest BCUT2D eigenvalue weighted by Gasteiger charge is 2.15. The van der Waals surface area contributed by atoms with E-state index in [0.717, 1.165) is 22.9 Å². The van der Waals surface area contributed by atoms with E-state index >= 15 is 0 Å². The van der Waals surface area contributed by atoms with Gasteiger partial charge in [0.15, 0.2) is 5.13 Å². The van der Waals surface area contributed by atoms with Crippen molar-refractivity contribution in [2.24, 2.45) is 5.92 Å². The first-order chi connectivity index (χ1) is 10.1.